The summed E-state index contributed by atoms with van der Waals surface area (Å²) < 4.78 is 71.0. The first-order valence-electron chi connectivity index (χ1n) is 18.6. The van der Waals surface area contributed by atoms with Crippen molar-refractivity contribution >= 4 is 11.8 Å². The molecule has 0 spiro atoms. The molecule has 1 aromatic heterocycles. The monoisotopic (exact) mass is 741 g/mol. The molecule has 0 bridgehead atoms. The van der Waals surface area contributed by atoms with Gasteiger partial charge in [-0.3, -0.25) is 19.3 Å². The third-order valence-corrected chi connectivity index (χ3v) is 10.4. The summed E-state index contributed by atoms with van der Waals surface area (Å²) >= 11 is 0. The van der Waals surface area contributed by atoms with E-state index in [1.807, 2.05) is 13.8 Å². The first kappa shape index (κ1) is 40.3. The number of hydrogen-bond acceptors (Lipinski definition) is 7. The highest BCUT2D eigenvalue weighted by atomic mass is 19.4. The van der Waals surface area contributed by atoms with Gasteiger partial charge in [-0.2, -0.15) is 18.3 Å². The van der Waals surface area contributed by atoms with Crippen LogP contribution in [0.25, 0.3) is 11.1 Å². The van der Waals surface area contributed by atoms with Crippen molar-refractivity contribution in [2.24, 2.45) is 5.92 Å². The fraction of sp³-hybridized carbons (Fsp3) is 0.561. The van der Waals surface area contributed by atoms with E-state index in [0.29, 0.717) is 29.5 Å². The maximum absolute atomic E-state index is 16.1. The van der Waals surface area contributed by atoms with Gasteiger partial charge in [-0.25, -0.2) is 9.07 Å². The largest absolute Gasteiger partial charge is 0.466 e. The molecule has 2 heterocycles. The lowest BCUT2D eigenvalue weighted by atomic mass is 9.84. The lowest BCUT2D eigenvalue weighted by Crippen LogP contribution is -2.52. The lowest BCUT2D eigenvalue weighted by Gasteiger charge is -2.38. The summed E-state index contributed by atoms with van der Waals surface area (Å²) in [5, 5.41) is 4.82. The van der Waals surface area contributed by atoms with Gasteiger partial charge in [-0.15, -0.1) is 0 Å². The quantitative estimate of drug-likeness (QED) is 0.102. The van der Waals surface area contributed by atoms with E-state index in [4.69, 9.17) is 14.6 Å². The number of carbonyl (C=O) groups is 2. The van der Waals surface area contributed by atoms with Gasteiger partial charge in [0.1, 0.15) is 11.9 Å². The molecule has 1 aliphatic carbocycles. The molecule has 0 radical (unpaired) electrons. The molecular weight excluding hydrogens is 690 g/mol. The molecule has 3 aromatic rings. The number of aromatic nitrogens is 2. The molecular formula is C41H51F4N3O5. The van der Waals surface area contributed by atoms with Crippen molar-refractivity contribution in [1.82, 2.24) is 14.7 Å². The zero-order valence-corrected chi connectivity index (χ0v) is 31.5. The van der Waals surface area contributed by atoms with Crippen molar-refractivity contribution in [3.63, 3.8) is 0 Å². The Morgan fingerprint density at radius 2 is 1.74 bits per heavy atom. The van der Waals surface area contributed by atoms with Crippen LogP contribution in [0.2, 0.25) is 0 Å². The number of benzene rings is 2. The average Bonchev–Trinajstić information content (AvgIpc) is 3.91. The van der Waals surface area contributed by atoms with Crippen LogP contribution in [0.1, 0.15) is 111 Å². The molecule has 2 aliphatic rings. The molecule has 1 saturated heterocycles. The van der Waals surface area contributed by atoms with Crippen molar-refractivity contribution in [1.29, 1.82) is 0 Å². The minimum Gasteiger partial charge on any atom is -0.466 e. The molecule has 1 aliphatic heterocycles. The Labute approximate surface area is 308 Å². The van der Waals surface area contributed by atoms with Gasteiger partial charge in [-0.1, -0.05) is 32.0 Å². The molecule has 0 amide bonds. The topological polar surface area (TPSA) is 90.7 Å². The number of methoxy groups -OCH3 is 1. The number of esters is 1. The highest BCUT2D eigenvalue weighted by molar-refractivity contribution is 5.83. The van der Waals surface area contributed by atoms with Crippen LogP contribution in [0.5, 0.6) is 0 Å². The summed E-state index contributed by atoms with van der Waals surface area (Å²) in [6.45, 7) is 11.4. The average molecular weight is 742 g/mol. The fourth-order valence-corrected chi connectivity index (χ4v) is 7.45. The zero-order valence-electron chi connectivity index (χ0n) is 31.5. The number of likely N-dealkylation sites (tertiary alicyclic amines) is 1. The standard InChI is InChI=1S/C41H51F4N3O5/c1-7-53-38(51)20-28(32-18-29(19-33(40(32)42)41(43,44)45)39-25(4)9-8-10-26(39)5)13-14-36(49)35(17-24(2)3)48-37(50)21-31(27-11-12-27)34(46-48)15-16-47-22-30(23-47)52-6/h8-10,18-19,21,24,27-28,30,35H,7,11-17,20,22-23H2,1-6H3/t28-,35-/m0/s1. The predicted octanol–water partition coefficient (Wildman–Crippen LogP) is 8.11. The summed E-state index contributed by atoms with van der Waals surface area (Å²) in [5.41, 5.74) is 1.66. The number of aryl methyl sites for hydroxylation is 2. The highest BCUT2D eigenvalue weighted by Crippen LogP contribution is 2.42. The third-order valence-electron chi connectivity index (χ3n) is 10.4. The van der Waals surface area contributed by atoms with Crippen LogP contribution in [0.3, 0.4) is 0 Å². The molecule has 2 aromatic carbocycles. The SMILES string of the molecule is CCOC(=O)C[C@H](CCC(=O)[C@H](CC(C)C)n1nc(CCN2CC(OC)C2)c(C2CC2)cc1=O)c1cc(-c2c(C)cccc2C)cc(C(F)(F)F)c1F. The Bertz CT molecular complexity index is 1830. The Morgan fingerprint density at radius 1 is 1.06 bits per heavy atom. The molecule has 8 nitrogen and oxygen atoms in total. The van der Waals surface area contributed by atoms with E-state index in [-0.39, 0.29) is 59.9 Å². The smallest absolute Gasteiger partial charge is 0.419 e. The van der Waals surface area contributed by atoms with Gasteiger partial charge < -0.3 is 9.47 Å². The Balaban J connectivity index is 1.49. The van der Waals surface area contributed by atoms with Gasteiger partial charge in [0.05, 0.1) is 30.4 Å². The lowest BCUT2D eigenvalue weighted by molar-refractivity contribution is -0.143. The van der Waals surface area contributed by atoms with Gasteiger partial charge in [0.2, 0.25) is 0 Å². The van der Waals surface area contributed by atoms with E-state index < -0.39 is 41.9 Å². The number of halogens is 4. The van der Waals surface area contributed by atoms with Crippen LogP contribution in [0.4, 0.5) is 17.6 Å². The van der Waals surface area contributed by atoms with Crippen molar-refractivity contribution in [2.75, 3.05) is 33.4 Å². The van der Waals surface area contributed by atoms with Gasteiger partial charge in [0.15, 0.2) is 5.78 Å². The maximum atomic E-state index is 16.1. The van der Waals surface area contributed by atoms with E-state index in [0.717, 1.165) is 49.8 Å². The molecule has 1 saturated carbocycles. The number of ether oxygens (including phenoxy) is 2. The number of carbonyl (C=O) groups excluding carboxylic acids is 2. The van der Waals surface area contributed by atoms with Crippen molar-refractivity contribution < 1.29 is 36.6 Å². The van der Waals surface area contributed by atoms with Crippen LogP contribution >= 0.6 is 0 Å². The van der Waals surface area contributed by atoms with Crippen molar-refractivity contribution in [3.05, 3.63) is 86.1 Å². The van der Waals surface area contributed by atoms with Crippen LogP contribution in [-0.4, -0.2) is 65.9 Å². The van der Waals surface area contributed by atoms with Crippen LogP contribution in [0.15, 0.2) is 41.2 Å². The first-order valence-corrected chi connectivity index (χ1v) is 18.6. The van der Waals surface area contributed by atoms with Crippen molar-refractivity contribution in [3.8, 4) is 11.1 Å². The van der Waals surface area contributed by atoms with Crippen LogP contribution in [0, 0.1) is 25.6 Å². The number of alkyl halides is 3. The number of rotatable bonds is 17. The molecule has 2 atom stereocenters. The second-order valence-electron chi connectivity index (χ2n) is 15.0. The summed E-state index contributed by atoms with van der Waals surface area (Å²) in [6.07, 6.45) is -2.78. The van der Waals surface area contributed by atoms with Crippen molar-refractivity contribution in [2.45, 2.75) is 110 Å². The number of Topliss-reactive ketones (excluding diaryl/α,β-unsaturated/α-hetero) is 1. The number of hydrogen-bond donors (Lipinski definition) is 0. The van der Waals surface area contributed by atoms with E-state index in [9.17, 15) is 27.6 Å². The second-order valence-corrected chi connectivity index (χ2v) is 15.0. The summed E-state index contributed by atoms with van der Waals surface area (Å²) in [4.78, 5) is 42.9. The first-order chi connectivity index (χ1) is 25.1. The Morgan fingerprint density at radius 3 is 2.32 bits per heavy atom. The summed E-state index contributed by atoms with van der Waals surface area (Å²) in [6, 6.07) is 8.14. The second kappa shape index (κ2) is 17.1. The van der Waals surface area contributed by atoms with E-state index >= 15 is 4.39 Å². The minimum absolute atomic E-state index is 0.00701. The van der Waals surface area contributed by atoms with Gasteiger partial charge in [-0.05, 0) is 110 Å². The van der Waals surface area contributed by atoms with E-state index in [2.05, 4.69) is 4.90 Å². The minimum atomic E-state index is -5.02. The summed E-state index contributed by atoms with van der Waals surface area (Å²) in [7, 11) is 1.69. The maximum Gasteiger partial charge on any atom is 0.419 e. The molecule has 2 fully saturated rings. The predicted molar refractivity (Wildman–Crippen MR) is 194 cm³/mol. The van der Waals surface area contributed by atoms with E-state index in [1.165, 1.54) is 10.7 Å². The van der Waals surface area contributed by atoms with Gasteiger partial charge >= 0.3 is 12.1 Å². The highest BCUT2D eigenvalue weighted by Gasteiger charge is 2.38. The van der Waals surface area contributed by atoms with Gasteiger partial charge in [0, 0.05) is 45.7 Å². The van der Waals surface area contributed by atoms with E-state index in [1.54, 1.807) is 52.1 Å². The number of nitrogens with zero attached hydrogens (tertiary/aromatic N) is 3. The summed E-state index contributed by atoms with van der Waals surface area (Å²) in [5.74, 6) is -3.42. The zero-order chi connectivity index (χ0) is 38.6. The van der Waals surface area contributed by atoms with Gasteiger partial charge in [0.25, 0.3) is 5.56 Å². The Hall–Kier alpha value is -3.90. The third kappa shape index (κ3) is 9.81. The Kier molecular flexibility index (Phi) is 13.0. The normalized spacial score (nSPS) is 16.4. The van der Waals surface area contributed by atoms with Crippen LogP contribution in [-0.2, 0) is 31.7 Å². The molecule has 5 rings (SSSR count). The number of ketones is 1. The molecule has 12 heteroatoms. The molecule has 288 valence electrons. The van der Waals surface area contributed by atoms with Crippen LogP contribution < -0.4 is 5.56 Å². The molecule has 53 heavy (non-hydrogen) atoms. The molecule has 0 unspecified atom stereocenters. The molecule has 0 N–H and O–H groups in total. The fourth-order valence-electron chi connectivity index (χ4n) is 7.45.